The van der Waals surface area contributed by atoms with Crippen LogP contribution < -0.4 is 5.56 Å². The summed E-state index contributed by atoms with van der Waals surface area (Å²) >= 11 is 1.26. The number of fused-ring (bicyclic) bond motifs is 2. The second kappa shape index (κ2) is 9.40. The molecule has 4 aromatic rings. The topological polar surface area (TPSA) is 74.1 Å². The Labute approximate surface area is 208 Å². The molecule has 5 rings (SSSR count). The number of para-hydroxylation sites is 1. The Morgan fingerprint density at radius 1 is 1.11 bits per heavy atom. The molecule has 2 aromatic carbocycles. The van der Waals surface area contributed by atoms with Gasteiger partial charge in [0.05, 0.1) is 34.7 Å². The number of nitrogens with zero attached hydrogens (tertiary/aromatic N) is 3. The van der Waals surface area contributed by atoms with E-state index < -0.39 is 0 Å². The Bertz CT molecular complexity index is 1480. The molecule has 2 aromatic heterocycles. The molecule has 7 heteroatoms. The van der Waals surface area contributed by atoms with Crippen LogP contribution in [0.5, 0.6) is 0 Å². The first-order valence-electron chi connectivity index (χ1n) is 11.7. The molecule has 1 aliphatic rings. The summed E-state index contributed by atoms with van der Waals surface area (Å²) in [6.07, 6.45) is 1.55. The number of carbonyl (C=O) groups is 1. The first kappa shape index (κ1) is 23.5. The number of pyridine rings is 1. The van der Waals surface area contributed by atoms with Crippen molar-refractivity contribution in [3.63, 3.8) is 0 Å². The van der Waals surface area contributed by atoms with Gasteiger partial charge in [0.2, 0.25) is 0 Å². The second-order valence-corrected chi connectivity index (χ2v) is 10.1. The Morgan fingerprint density at radius 3 is 2.60 bits per heavy atom. The number of thioether (sulfide) groups is 1. The molecule has 0 saturated carbocycles. The molecule has 0 aliphatic carbocycles. The molecule has 0 N–H and O–H groups in total. The molecule has 0 fully saturated rings. The van der Waals surface area contributed by atoms with Crippen LogP contribution in [0.2, 0.25) is 0 Å². The third-order valence-corrected chi connectivity index (χ3v) is 7.59. The van der Waals surface area contributed by atoms with Crippen molar-refractivity contribution in [3.05, 3.63) is 93.4 Å². The summed E-state index contributed by atoms with van der Waals surface area (Å²) in [5, 5.41) is 0.910. The summed E-state index contributed by atoms with van der Waals surface area (Å²) in [5.41, 5.74) is 4.12. The quantitative estimate of drug-likeness (QED) is 0.209. The average molecular weight is 486 g/mol. The lowest BCUT2D eigenvalue weighted by Crippen LogP contribution is -2.35. The molecule has 1 atom stereocenters. The molecule has 0 bridgehead atoms. The fourth-order valence-corrected chi connectivity index (χ4v) is 5.18. The molecule has 0 spiro atoms. The summed E-state index contributed by atoms with van der Waals surface area (Å²) in [6, 6.07) is 18.7. The van der Waals surface area contributed by atoms with Crippen LogP contribution in [-0.4, -0.2) is 31.7 Å². The highest BCUT2D eigenvalue weighted by Gasteiger charge is 2.31. The molecule has 35 heavy (non-hydrogen) atoms. The maximum Gasteiger partial charge on any atom is 0.268 e. The zero-order valence-corrected chi connectivity index (χ0v) is 20.9. The van der Waals surface area contributed by atoms with E-state index in [0.29, 0.717) is 34.8 Å². The number of aromatic nitrogens is 3. The van der Waals surface area contributed by atoms with Gasteiger partial charge in [-0.3, -0.25) is 14.2 Å². The predicted octanol–water partition coefficient (Wildman–Crippen LogP) is 5.31. The Morgan fingerprint density at radius 2 is 1.86 bits per heavy atom. The minimum atomic E-state index is -0.274. The predicted molar refractivity (Wildman–Crippen MR) is 139 cm³/mol. The molecular formula is C28H27N3O3S. The van der Waals surface area contributed by atoms with Crippen LogP contribution in [0.25, 0.3) is 16.7 Å². The lowest BCUT2D eigenvalue weighted by molar-refractivity contribution is -0.0573. The summed E-state index contributed by atoms with van der Waals surface area (Å²) in [7, 11) is 0. The molecule has 3 heterocycles. The highest BCUT2D eigenvalue weighted by molar-refractivity contribution is 7.99. The van der Waals surface area contributed by atoms with Gasteiger partial charge in [0.1, 0.15) is 0 Å². The van der Waals surface area contributed by atoms with Crippen LogP contribution >= 0.6 is 11.8 Å². The van der Waals surface area contributed by atoms with E-state index in [0.717, 1.165) is 28.9 Å². The number of ketones is 1. The van der Waals surface area contributed by atoms with Gasteiger partial charge in [-0.25, -0.2) is 9.97 Å². The number of hydrogen-bond donors (Lipinski definition) is 0. The molecule has 178 valence electrons. The summed E-state index contributed by atoms with van der Waals surface area (Å²) in [4.78, 5) is 36.3. The van der Waals surface area contributed by atoms with Crippen molar-refractivity contribution in [1.82, 2.24) is 14.5 Å². The highest BCUT2D eigenvalue weighted by atomic mass is 32.2. The van der Waals surface area contributed by atoms with Gasteiger partial charge in [-0.15, -0.1) is 0 Å². The van der Waals surface area contributed by atoms with E-state index in [1.807, 2.05) is 55.5 Å². The SMILES string of the molecule is CCC1(C)Cc2nc3nc(SCC(=O)c4ccccc4)n(-c4ccccc4C)c(=O)c3cc2CO1. The zero-order chi connectivity index (χ0) is 24.6. The number of carbonyl (C=O) groups excluding carboxylic acids is 1. The third-order valence-electron chi connectivity index (χ3n) is 6.65. The van der Waals surface area contributed by atoms with E-state index >= 15 is 0 Å². The number of aryl methyl sites for hydroxylation is 1. The Hall–Kier alpha value is -3.29. The fraction of sp³-hybridized carbons (Fsp3) is 0.286. The largest absolute Gasteiger partial charge is 0.370 e. The van der Waals surface area contributed by atoms with Crippen molar-refractivity contribution >= 4 is 28.6 Å². The number of hydrogen-bond acceptors (Lipinski definition) is 6. The lowest BCUT2D eigenvalue weighted by atomic mass is 9.91. The van der Waals surface area contributed by atoms with Crippen LogP contribution in [0.15, 0.2) is 70.6 Å². The fourth-order valence-electron chi connectivity index (χ4n) is 4.30. The van der Waals surface area contributed by atoms with E-state index in [2.05, 4.69) is 13.8 Å². The average Bonchev–Trinajstić information content (AvgIpc) is 2.87. The van der Waals surface area contributed by atoms with Crippen molar-refractivity contribution in [2.45, 2.75) is 51.0 Å². The standard InChI is InChI=1S/C28H27N3O3S/c1-4-28(3)15-22-20(16-34-28)14-21-25(29-22)30-27(35-17-24(32)19-11-6-5-7-12-19)31(26(21)33)23-13-9-8-10-18(23)2/h5-14H,4,15-17H2,1-3H3. The van der Waals surface area contributed by atoms with Crippen molar-refractivity contribution in [2.24, 2.45) is 0 Å². The number of ether oxygens (including phenoxy) is 1. The van der Waals surface area contributed by atoms with Crippen molar-refractivity contribution in [3.8, 4) is 5.69 Å². The van der Waals surface area contributed by atoms with Crippen molar-refractivity contribution in [1.29, 1.82) is 0 Å². The smallest absolute Gasteiger partial charge is 0.268 e. The monoisotopic (exact) mass is 485 g/mol. The molecule has 0 amide bonds. The minimum absolute atomic E-state index is 0.0180. The van der Waals surface area contributed by atoms with Gasteiger partial charge in [-0.2, -0.15) is 0 Å². The number of Topliss-reactive ketones (excluding diaryl/α,β-unsaturated/α-hetero) is 1. The van der Waals surface area contributed by atoms with Crippen LogP contribution in [0.1, 0.15) is 47.4 Å². The molecule has 0 radical (unpaired) electrons. The normalized spacial score (nSPS) is 17.3. The maximum atomic E-state index is 13.8. The molecule has 1 aliphatic heterocycles. The van der Waals surface area contributed by atoms with Gasteiger partial charge in [0.15, 0.2) is 16.6 Å². The van der Waals surface area contributed by atoms with E-state index in [1.54, 1.807) is 16.7 Å². The first-order valence-corrected chi connectivity index (χ1v) is 12.7. The van der Waals surface area contributed by atoms with Crippen molar-refractivity contribution in [2.75, 3.05) is 5.75 Å². The van der Waals surface area contributed by atoms with Crippen molar-refractivity contribution < 1.29 is 9.53 Å². The van der Waals surface area contributed by atoms with Gasteiger partial charge in [0.25, 0.3) is 5.56 Å². The summed E-state index contributed by atoms with van der Waals surface area (Å²) in [5.74, 6) is 0.149. The van der Waals surface area contributed by atoms with E-state index in [-0.39, 0.29) is 22.7 Å². The summed E-state index contributed by atoms with van der Waals surface area (Å²) in [6.45, 7) is 6.57. The maximum absolute atomic E-state index is 13.8. The number of rotatable bonds is 6. The van der Waals surface area contributed by atoms with Gasteiger partial charge < -0.3 is 4.74 Å². The Kier molecular flexibility index (Phi) is 6.30. The van der Waals surface area contributed by atoms with Crippen LogP contribution in [0.4, 0.5) is 0 Å². The highest BCUT2D eigenvalue weighted by Crippen LogP contribution is 2.31. The number of benzene rings is 2. The van der Waals surface area contributed by atoms with E-state index in [1.165, 1.54) is 11.8 Å². The molecule has 0 saturated heterocycles. The van der Waals surface area contributed by atoms with Crippen LogP contribution in [0.3, 0.4) is 0 Å². The van der Waals surface area contributed by atoms with Gasteiger partial charge in [-0.05, 0) is 38.0 Å². The first-order chi connectivity index (χ1) is 16.9. The van der Waals surface area contributed by atoms with Gasteiger partial charge >= 0.3 is 0 Å². The molecular weight excluding hydrogens is 458 g/mol. The lowest BCUT2D eigenvalue weighted by Gasteiger charge is -2.33. The van der Waals surface area contributed by atoms with E-state index in [9.17, 15) is 9.59 Å². The van der Waals surface area contributed by atoms with Crippen LogP contribution in [0, 0.1) is 6.92 Å². The summed E-state index contributed by atoms with van der Waals surface area (Å²) < 4.78 is 7.69. The van der Waals surface area contributed by atoms with Gasteiger partial charge in [0, 0.05) is 17.5 Å². The Balaban J connectivity index is 1.63. The van der Waals surface area contributed by atoms with Crippen LogP contribution in [-0.2, 0) is 17.8 Å². The second-order valence-electron chi connectivity index (χ2n) is 9.13. The minimum Gasteiger partial charge on any atom is -0.370 e. The van der Waals surface area contributed by atoms with Gasteiger partial charge in [-0.1, -0.05) is 67.2 Å². The zero-order valence-electron chi connectivity index (χ0n) is 20.1. The third kappa shape index (κ3) is 4.54. The molecule has 1 unspecified atom stereocenters. The molecule has 6 nitrogen and oxygen atoms in total. The van der Waals surface area contributed by atoms with E-state index in [4.69, 9.17) is 14.7 Å².